The Morgan fingerprint density at radius 2 is 1.16 bits per heavy atom. The molecule has 14 heteroatoms. The molecular formula is C35H50N2O12. The molecule has 1 aliphatic rings. The Morgan fingerprint density at radius 3 is 1.57 bits per heavy atom. The minimum atomic E-state index is -1.28. The molecule has 2 aromatic carbocycles. The molecule has 1 saturated heterocycles. The lowest BCUT2D eigenvalue weighted by atomic mass is 10.0. The van der Waals surface area contributed by atoms with Crippen molar-refractivity contribution in [2.45, 2.75) is 38.1 Å². The zero-order valence-electron chi connectivity index (χ0n) is 29.3. The van der Waals surface area contributed by atoms with E-state index in [0.29, 0.717) is 91.8 Å². The number of carboxylic acid groups (broad SMARTS) is 2. The van der Waals surface area contributed by atoms with Gasteiger partial charge in [-0.15, -0.1) is 0 Å². The molecule has 272 valence electrons. The molecule has 0 radical (unpaired) electrons. The Kier molecular flexibility index (Phi) is 15.9. The molecule has 1 aliphatic heterocycles. The van der Waals surface area contributed by atoms with E-state index >= 15 is 0 Å². The van der Waals surface area contributed by atoms with E-state index in [9.17, 15) is 19.8 Å². The number of hydrogen-bond acceptors (Lipinski definition) is 12. The smallest absolute Gasteiger partial charge is 0.333 e. The largest absolute Gasteiger partial charge is 0.493 e. The number of carbonyl (C=O) groups is 2. The van der Waals surface area contributed by atoms with Crippen molar-refractivity contribution in [2.75, 3.05) is 88.6 Å². The number of nitrogens with zero attached hydrogens (tertiary/aromatic N) is 2. The van der Waals surface area contributed by atoms with Crippen LogP contribution in [-0.4, -0.2) is 127 Å². The first-order valence-corrected chi connectivity index (χ1v) is 16.2. The van der Waals surface area contributed by atoms with Gasteiger partial charge in [0.15, 0.2) is 23.0 Å². The quantitative estimate of drug-likeness (QED) is 0.142. The number of carboxylic acids is 2. The lowest BCUT2D eigenvalue weighted by Gasteiger charge is -2.32. The molecular weight excluding hydrogens is 640 g/mol. The average molecular weight is 691 g/mol. The van der Waals surface area contributed by atoms with Gasteiger partial charge in [0.2, 0.25) is 11.5 Å². The highest BCUT2D eigenvalue weighted by molar-refractivity contribution is 5.95. The molecule has 0 saturated carbocycles. The highest BCUT2D eigenvalue weighted by Gasteiger charge is 2.31. The maximum absolute atomic E-state index is 12.3. The minimum absolute atomic E-state index is 0.126. The second-order valence-corrected chi connectivity index (χ2v) is 11.3. The fourth-order valence-electron chi connectivity index (χ4n) is 5.82. The fraction of sp³-hybridized carbons (Fsp3) is 0.543. The minimum Gasteiger partial charge on any atom is -0.493 e. The van der Waals surface area contributed by atoms with Gasteiger partial charge in [0.25, 0.3) is 0 Å². The molecule has 0 amide bonds. The van der Waals surface area contributed by atoms with E-state index in [-0.39, 0.29) is 5.57 Å². The van der Waals surface area contributed by atoms with E-state index in [1.165, 1.54) is 21.3 Å². The number of ether oxygens (including phenoxy) is 8. The standard InChI is InChI=1S/C35H50N2O12/c1-42-28-18-24(19-29(43-2)33(28)46-5)48-16-9-7-12-36-13-11-15-37(27(23-36)26(35(40)41)22-32(38)39)14-8-10-17-49-25-20-30(44-3)34(47-6)31(21-25)45-4/h18-22,27H,7-17,23H2,1-6H3,(H,38,39)(H,40,41)/b26-22+. The van der Waals surface area contributed by atoms with Crippen LogP contribution in [0.2, 0.25) is 0 Å². The topological polar surface area (TPSA) is 155 Å². The number of aliphatic carboxylic acids is 2. The van der Waals surface area contributed by atoms with Crippen LogP contribution < -0.4 is 37.9 Å². The van der Waals surface area contributed by atoms with Crippen molar-refractivity contribution in [1.29, 1.82) is 0 Å². The average Bonchev–Trinajstić information content (AvgIpc) is 3.30. The predicted molar refractivity (Wildman–Crippen MR) is 181 cm³/mol. The van der Waals surface area contributed by atoms with Crippen LogP contribution in [0.1, 0.15) is 32.1 Å². The summed E-state index contributed by atoms with van der Waals surface area (Å²) in [6.07, 6.45) is 4.62. The number of rotatable bonds is 21. The second-order valence-electron chi connectivity index (χ2n) is 11.3. The van der Waals surface area contributed by atoms with Crippen molar-refractivity contribution in [3.8, 4) is 46.0 Å². The molecule has 0 spiro atoms. The monoisotopic (exact) mass is 690 g/mol. The van der Waals surface area contributed by atoms with E-state index in [0.717, 1.165) is 38.3 Å². The van der Waals surface area contributed by atoms with Crippen LogP contribution in [0.3, 0.4) is 0 Å². The number of unbranched alkanes of at least 4 members (excludes halogenated alkanes) is 2. The summed E-state index contributed by atoms with van der Waals surface area (Å²) >= 11 is 0. The third kappa shape index (κ3) is 11.2. The molecule has 2 aromatic rings. The summed E-state index contributed by atoms with van der Waals surface area (Å²) in [5.74, 6) is 1.62. The van der Waals surface area contributed by atoms with Crippen molar-refractivity contribution in [2.24, 2.45) is 0 Å². The molecule has 2 N–H and O–H groups in total. The molecule has 14 nitrogen and oxygen atoms in total. The van der Waals surface area contributed by atoms with Gasteiger partial charge in [-0.05, 0) is 51.7 Å². The Morgan fingerprint density at radius 1 is 0.694 bits per heavy atom. The summed E-state index contributed by atoms with van der Waals surface area (Å²) in [7, 11) is 9.25. The van der Waals surface area contributed by atoms with Crippen LogP contribution in [0.25, 0.3) is 0 Å². The normalized spacial score (nSPS) is 15.6. The van der Waals surface area contributed by atoms with Crippen LogP contribution in [0, 0.1) is 0 Å². The van der Waals surface area contributed by atoms with Gasteiger partial charge in [-0.2, -0.15) is 0 Å². The summed E-state index contributed by atoms with van der Waals surface area (Å²) in [5, 5.41) is 19.5. The van der Waals surface area contributed by atoms with Crippen molar-refractivity contribution < 1.29 is 57.7 Å². The van der Waals surface area contributed by atoms with Crippen molar-refractivity contribution in [3.05, 3.63) is 35.9 Å². The van der Waals surface area contributed by atoms with Crippen LogP contribution >= 0.6 is 0 Å². The van der Waals surface area contributed by atoms with Gasteiger partial charge in [0.1, 0.15) is 11.5 Å². The molecule has 49 heavy (non-hydrogen) atoms. The van der Waals surface area contributed by atoms with Gasteiger partial charge in [-0.1, -0.05) is 0 Å². The first-order chi connectivity index (χ1) is 23.7. The number of methoxy groups -OCH3 is 6. The molecule has 1 fully saturated rings. The molecule has 1 unspecified atom stereocenters. The van der Waals surface area contributed by atoms with Gasteiger partial charge < -0.3 is 53.0 Å². The zero-order valence-corrected chi connectivity index (χ0v) is 29.3. The first-order valence-electron chi connectivity index (χ1n) is 16.2. The Labute approximate surface area is 288 Å². The van der Waals surface area contributed by atoms with Crippen molar-refractivity contribution >= 4 is 11.9 Å². The first kappa shape index (κ1) is 38.9. The van der Waals surface area contributed by atoms with Gasteiger partial charge in [0.05, 0.1) is 67.5 Å². The van der Waals surface area contributed by atoms with Gasteiger partial charge in [-0.3, -0.25) is 4.90 Å². The van der Waals surface area contributed by atoms with E-state index < -0.39 is 18.0 Å². The summed E-state index contributed by atoms with van der Waals surface area (Å²) < 4.78 is 44.2. The molecule has 0 bridgehead atoms. The number of benzene rings is 2. The summed E-state index contributed by atoms with van der Waals surface area (Å²) in [6, 6.07) is 6.38. The van der Waals surface area contributed by atoms with Gasteiger partial charge in [-0.25, -0.2) is 9.59 Å². The molecule has 3 rings (SSSR count). The van der Waals surface area contributed by atoms with Gasteiger partial charge in [0, 0.05) is 43.4 Å². The lowest BCUT2D eigenvalue weighted by molar-refractivity contribution is -0.135. The highest BCUT2D eigenvalue weighted by atomic mass is 16.5. The fourth-order valence-corrected chi connectivity index (χ4v) is 5.82. The van der Waals surface area contributed by atoms with E-state index in [2.05, 4.69) is 9.80 Å². The summed E-state index contributed by atoms with van der Waals surface area (Å²) in [6.45, 7) is 3.99. The predicted octanol–water partition coefficient (Wildman–Crippen LogP) is 4.23. The van der Waals surface area contributed by atoms with E-state index in [4.69, 9.17) is 37.9 Å². The Hall–Kier alpha value is -4.56. The third-order valence-electron chi connectivity index (χ3n) is 8.20. The Balaban J connectivity index is 1.57. The second kappa shape index (κ2) is 20.1. The summed E-state index contributed by atoms with van der Waals surface area (Å²) in [4.78, 5) is 28.2. The molecule has 1 atom stereocenters. The molecule has 0 aliphatic carbocycles. The summed E-state index contributed by atoms with van der Waals surface area (Å²) in [5.41, 5.74) is -0.126. The van der Waals surface area contributed by atoms with Crippen molar-refractivity contribution in [1.82, 2.24) is 9.80 Å². The van der Waals surface area contributed by atoms with Gasteiger partial charge >= 0.3 is 11.9 Å². The van der Waals surface area contributed by atoms with Crippen molar-refractivity contribution in [3.63, 3.8) is 0 Å². The van der Waals surface area contributed by atoms with Crippen LogP contribution in [0.5, 0.6) is 46.0 Å². The van der Waals surface area contributed by atoms with Crippen LogP contribution in [0.4, 0.5) is 0 Å². The Bertz CT molecular complexity index is 1350. The molecule has 1 heterocycles. The maximum atomic E-state index is 12.3. The maximum Gasteiger partial charge on any atom is 0.333 e. The third-order valence-corrected chi connectivity index (χ3v) is 8.20. The highest BCUT2D eigenvalue weighted by Crippen LogP contribution is 2.42. The van der Waals surface area contributed by atoms with Crippen LogP contribution in [-0.2, 0) is 9.59 Å². The molecule has 0 aromatic heterocycles. The SMILES string of the molecule is COc1cc(OCCCCN2CCCN(CCCCOc3cc(OC)c(OC)c(OC)c3)C(/C(=C\C(=O)O)C(=O)O)C2)cc(OC)c1OC. The van der Waals surface area contributed by atoms with Crippen LogP contribution in [0.15, 0.2) is 35.9 Å². The van der Waals surface area contributed by atoms with E-state index in [1.807, 2.05) is 0 Å². The number of hydrogen-bond donors (Lipinski definition) is 2. The van der Waals surface area contributed by atoms with E-state index in [1.54, 1.807) is 45.6 Å². The lowest BCUT2D eigenvalue weighted by Crippen LogP contribution is -2.45. The zero-order chi connectivity index (χ0) is 35.8.